The number of methoxy groups -OCH3 is 1. The van der Waals surface area contributed by atoms with Crippen molar-refractivity contribution in [1.82, 2.24) is 0 Å². The Hall–Kier alpha value is -0.900. The van der Waals surface area contributed by atoms with Crippen LogP contribution in [0.4, 0.5) is 0 Å². The van der Waals surface area contributed by atoms with E-state index in [1.165, 1.54) is 12.0 Å². The van der Waals surface area contributed by atoms with Crippen LogP contribution < -0.4 is 0 Å². The molecule has 3 nitrogen and oxygen atoms in total. The summed E-state index contributed by atoms with van der Waals surface area (Å²) in [6.07, 6.45) is 6.20. The summed E-state index contributed by atoms with van der Waals surface area (Å²) in [5, 5.41) is 9.29. The van der Waals surface area contributed by atoms with Crippen molar-refractivity contribution in [1.29, 1.82) is 0 Å². The normalized spacial score (nSPS) is 18.8. The van der Waals surface area contributed by atoms with Crippen molar-refractivity contribution in [2.75, 3.05) is 13.7 Å². The maximum absolute atomic E-state index is 9.29. The molecule has 0 atom stereocenters. The van der Waals surface area contributed by atoms with Gasteiger partial charge in [0.1, 0.15) is 5.60 Å². The zero-order valence-corrected chi connectivity index (χ0v) is 11.0. The summed E-state index contributed by atoms with van der Waals surface area (Å²) in [6.45, 7) is 0.737. The Morgan fingerprint density at radius 1 is 1.11 bits per heavy atom. The highest BCUT2D eigenvalue weighted by molar-refractivity contribution is 5.28. The zero-order chi connectivity index (χ0) is 12.8. The van der Waals surface area contributed by atoms with Crippen molar-refractivity contribution >= 4 is 0 Å². The van der Waals surface area contributed by atoms with E-state index in [4.69, 9.17) is 9.62 Å². The van der Waals surface area contributed by atoms with E-state index < -0.39 is 5.60 Å². The fourth-order valence-corrected chi connectivity index (χ4v) is 2.75. The maximum atomic E-state index is 9.29. The van der Waals surface area contributed by atoms with Gasteiger partial charge in [0.05, 0.1) is 6.61 Å². The third-order valence-corrected chi connectivity index (χ3v) is 3.91. The molecule has 18 heavy (non-hydrogen) atoms. The van der Waals surface area contributed by atoms with Crippen molar-refractivity contribution in [2.45, 2.75) is 44.1 Å². The van der Waals surface area contributed by atoms with Crippen molar-refractivity contribution in [3.63, 3.8) is 0 Å². The van der Waals surface area contributed by atoms with Crippen molar-refractivity contribution in [3.8, 4) is 0 Å². The molecule has 0 amide bonds. The molecule has 1 aliphatic rings. The molecule has 1 aromatic rings. The third-order valence-electron chi connectivity index (χ3n) is 3.91. The molecule has 0 bridgehead atoms. The molecule has 1 saturated carbocycles. The van der Waals surface area contributed by atoms with Gasteiger partial charge in [-0.25, -0.2) is 4.89 Å². The molecular weight excluding hydrogens is 228 g/mol. The lowest BCUT2D eigenvalue weighted by Crippen LogP contribution is -2.31. The summed E-state index contributed by atoms with van der Waals surface area (Å²) in [7, 11) is 1.71. The number of hydrogen-bond acceptors (Lipinski definition) is 3. The van der Waals surface area contributed by atoms with Gasteiger partial charge in [-0.15, -0.1) is 0 Å². The maximum Gasteiger partial charge on any atom is 0.128 e. The van der Waals surface area contributed by atoms with E-state index in [1.807, 2.05) is 0 Å². The quantitative estimate of drug-likeness (QED) is 0.642. The topological polar surface area (TPSA) is 38.7 Å². The molecular formula is C15H22O3. The Labute approximate surface area is 109 Å². The van der Waals surface area contributed by atoms with Gasteiger partial charge in [-0.05, 0) is 30.4 Å². The second kappa shape index (κ2) is 6.32. The third kappa shape index (κ3) is 2.91. The first-order chi connectivity index (χ1) is 8.80. The minimum atomic E-state index is -0.474. The first kappa shape index (κ1) is 13.5. The summed E-state index contributed by atoms with van der Waals surface area (Å²) in [6, 6.07) is 8.35. The van der Waals surface area contributed by atoms with E-state index in [0.717, 1.165) is 44.3 Å². The predicted octanol–water partition coefficient (Wildman–Crippen LogP) is 3.52. The van der Waals surface area contributed by atoms with E-state index in [9.17, 15) is 5.26 Å². The molecule has 0 aromatic heterocycles. The Balaban J connectivity index is 2.11. The van der Waals surface area contributed by atoms with Crippen LogP contribution in [-0.4, -0.2) is 19.0 Å². The van der Waals surface area contributed by atoms with E-state index >= 15 is 0 Å². The average molecular weight is 250 g/mol. The lowest BCUT2D eigenvalue weighted by Gasteiger charge is -2.34. The highest BCUT2D eigenvalue weighted by Gasteiger charge is 2.35. The number of ether oxygens (including phenoxy) is 1. The first-order valence-electron chi connectivity index (χ1n) is 6.72. The summed E-state index contributed by atoms with van der Waals surface area (Å²) < 4.78 is 5.07. The monoisotopic (exact) mass is 250 g/mol. The summed E-state index contributed by atoms with van der Waals surface area (Å²) in [5.41, 5.74) is 1.87. The summed E-state index contributed by atoms with van der Waals surface area (Å²) in [5.74, 6) is 0. The number of hydrogen-bond donors (Lipinski definition) is 1. The van der Waals surface area contributed by atoms with Crippen LogP contribution in [0.5, 0.6) is 0 Å². The lowest BCUT2D eigenvalue weighted by atomic mass is 9.79. The van der Waals surface area contributed by atoms with Crippen molar-refractivity contribution < 1.29 is 14.9 Å². The standard InChI is InChI=1S/C15H22O3/c1-17-12-9-13-5-7-14(8-6-13)15(18-16)10-3-2-4-11-15/h5-8,16H,2-4,9-12H2,1H3. The molecule has 0 radical (unpaired) electrons. The van der Waals surface area contributed by atoms with Gasteiger partial charge in [-0.2, -0.15) is 0 Å². The number of benzene rings is 1. The van der Waals surface area contributed by atoms with Crippen LogP contribution in [0.15, 0.2) is 24.3 Å². The van der Waals surface area contributed by atoms with Crippen molar-refractivity contribution in [2.24, 2.45) is 0 Å². The predicted molar refractivity (Wildman–Crippen MR) is 70.5 cm³/mol. The molecule has 1 fully saturated rings. The Morgan fingerprint density at radius 3 is 2.33 bits per heavy atom. The van der Waals surface area contributed by atoms with Crippen molar-refractivity contribution in [3.05, 3.63) is 35.4 Å². The highest BCUT2D eigenvalue weighted by atomic mass is 17.1. The minimum Gasteiger partial charge on any atom is -0.384 e. The van der Waals surface area contributed by atoms with Crippen LogP contribution in [0.25, 0.3) is 0 Å². The molecule has 0 heterocycles. The van der Waals surface area contributed by atoms with Gasteiger partial charge in [-0.3, -0.25) is 5.26 Å². The van der Waals surface area contributed by atoms with Gasteiger partial charge in [0.2, 0.25) is 0 Å². The van der Waals surface area contributed by atoms with Crippen LogP contribution in [0.3, 0.4) is 0 Å². The fraction of sp³-hybridized carbons (Fsp3) is 0.600. The molecule has 0 unspecified atom stereocenters. The Bertz CT molecular complexity index is 353. The number of rotatable bonds is 5. The molecule has 1 aromatic carbocycles. The van der Waals surface area contributed by atoms with Gasteiger partial charge in [0.25, 0.3) is 0 Å². The van der Waals surface area contributed by atoms with Gasteiger partial charge >= 0.3 is 0 Å². The minimum absolute atomic E-state index is 0.474. The van der Waals surface area contributed by atoms with Gasteiger partial charge in [0.15, 0.2) is 0 Å². The summed E-state index contributed by atoms with van der Waals surface area (Å²) >= 11 is 0. The molecule has 0 saturated heterocycles. The van der Waals surface area contributed by atoms with Crippen LogP contribution in [-0.2, 0) is 21.6 Å². The molecule has 2 rings (SSSR count). The molecule has 1 N–H and O–H groups in total. The first-order valence-corrected chi connectivity index (χ1v) is 6.72. The van der Waals surface area contributed by atoms with Gasteiger partial charge < -0.3 is 4.74 Å². The molecule has 0 spiro atoms. The van der Waals surface area contributed by atoms with Crippen LogP contribution >= 0.6 is 0 Å². The molecule has 1 aliphatic carbocycles. The second-order valence-electron chi connectivity index (χ2n) is 5.09. The highest BCUT2D eigenvalue weighted by Crippen LogP contribution is 2.39. The Kier molecular flexibility index (Phi) is 4.75. The van der Waals surface area contributed by atoms with Gasteiger partial charge in [0, 0.05) is 7.11 Å². The van der Waals surface area contributed by atoms with Crippen LogP contribution in [0, 0.1) is 0 Å². The van der Waals surface area contributed by atoms with Crippen LogP contribution in [0.2, 0.25) is 0 Å². The Morgan fingerprint density at radius 2 is 1.78 bits per heavy atom. The van der Waals surface area contributed by atoms with E-state index in [0.29, 0.717) is 0 Å². The van der Waals surface area contributed by atoms with Gasteiger partial charge in [-0.1, -0.05) is 43.5 Å². The largest absolute Gasteiger partial charge is 0.384 e. The fourth-order valence-electron chi connectivity index (χ4n) is 2.75. The summed E-state index contributed by atoms with van der Waals surface area (Å²) in [4.78, 5) is 4.86. The molecule has 0 aliphatic heterocycles. The average Bonchev–Trinajstić information content (AvgIpc) is 2.46. The molecule has 100 valence electrons. The molecule has 3 heteroatoms. The van der Waals surface area contributed by atoms with Crippen LogP contribution in [0.1, 0.15) is 43.2 Å². The smallest absolute Gasteiger partial charge is 0.128 e. The van der Waals surface area contributed by atoms with E-state index in [-0.39, 0.29) is 0 Å². The van der Waals surface area contributed by atoms with E-state index in [2.05, 4.69) is 24.3 Å². The second-order valence-corrected chi connectivity index (χ2v) is 5.09. The van der Waals surface area contributed by atoms with E-state index in [1.54, 1.807) is 7.11 Å². The SMILES string of the molecule is COCCc1ccc(C2(OO)CCCCC2)cc1. The zero-order valence-electron chi connectivity index (χ0n) is 11.0. The lowest BCUT2D eigenvalue weighted by molar-refractivity contribution is -0.337.